The average molecular weight is 288 g/mol. The number of carbonyl (C=O) groups is 1. The number of aromatic nitrogens is 2. The van der Waals surface area contributed by atoms with E-state index in [0.29, 0.717) is 12.5 Å². The van der Waals surface area contributed by atoms with Gasteiger partial charge in [-0.15, -0.1) is 0 Å². The van der Waals surface area contributed by atoms with Gasteiger partial charge in [-0.3, -0.25) is 4.79 Å². The van der Waals surface area contributed by atoms with E-state index in [1.807, 2.05) is 13.8 Å². The average Bonchev–Trinajstić information content (AvgIpc) is 2.46. The van der Waals surface area contributed by atoms with Crippen LogP contribution in [0.25, 0.3) is 0 Å². The summed E-state index contributed by atoms with van der Waals surface area (Å²) in [6.07, 6.45) is 1.53. The first-order valence-electron chi connectivity index (χ1n) is 6.67. The molecule has 0 spiro atoms. The Morgan fingerprint density at radius 2 is 1.95 bits per heavy atom. The molecule has 1 aromatic heterocycles. The predicted molar refractivity (Wildman–Crippen MR) is 78.4 cm³/mol. The van der Waals surface area contributed by atoms with E-state index in [1.165, 1.54) is 18.3 Å². The molecule has 2 aromatic rings. The third-order valence-electron chi connectivity index (χ3n) is 2.67. The van der Waals surface area contributed by atoms with Gasteiger partial charge in [0.2, 0.25) is 5.95 Å². The number of hydrogen-bond donors (Lipinski definition) is 2. The number of anilines is 1. The molecule has 0 saturated carbocycles. The number of nitrogens with zero attached hydrogens (tertiary/aromatic N) is 2. The van der Waals surface area contributed by atoms with Crippen molar-refractivity contribution in [3.8, 4) is 0 Å². The van der Waals surface area contributed by atoms with Crippen molar-refractivity contribution in [2.24, 2.45) is 0 Å². The number of hydrogen-bond acceptors (Lipinski definition) is 4. The van der Waals surface area contributed by atoms with Gasteiger partial charge in [-0.25, -0.2) is 14.4 Å². The van der Waals surface area contributed by atoms with Crippen LogP contribution in [0.4, 0.5) is 10.3 Å². The van der Waals surface area contributed by atoms with Gasteiger partial charge in [0.15, 0.2) is 0 Å². The van der Waals surface area contributed by atoms with Crippen molar-refractivity contribution in [2.45, 2.75) is 26.4 Å². The van der Waals surface area contributed by atoms with Crippen molar-refractivity contribution in [1.82, 2.24) is 15.3 Å². The van der Waals surface area contributed by atoms with Gasteiger partial charge in [0.25, 0.3) is 5.91 Å². The molecule has 0 saturated heterocycles. The first-order chi connectivity index (χ1) is 10.0. The third-order valence-corrected chi connectivity index (χ3v) is 2.67. The second-order valence-electron chi connectivity index (χ2n) is 4.87. The summed E-state index contributed by atoms with van der Waals surface area (Å²) in [4.78, 5) is 20.2. The van der Waals surface area contributed by atoms with E-state index in [9.17, 15) is 9.18 Å². The van der Waals surface area contributed by atoms with E-state index in [0.717, 1.165) is 5.56 Å². The molecule has 0 atom stereocenters. The summed E-state index contributed by atoms with van der Waals surface area (Å²) in [7, 11) is 0. The summed E-state index contributed by atoms with van der Waals surface area (Å²) in [5.41, 5.74) is 1.11. The zero-order chi connectivity index (χ0) is 15.2. The summed E-state index contributed by atoms with van der Waals surface area (Å²) in [5, 5.41) is 5.77. The maximum atomic E-state index is 12.8. The SMILES string of the molecule is CC(C)Nc1nccc(C(=O)NCc2ccc(F)cc2)n1. The molecule has 0 fully saturated rings. The van der Waals surface area contributed by atoms with Crippen molar-refractivity contribution in [3.05, 3.63) is 53.6 Å². The summed E-state index contributed by atoms with van der Waals surface area (Å²) >= 11 is 0. The molecular formula is C15H17FN4O. The van der Waals surface area contributed by atoms with Crippen LogP contribution in [0.15, 0.2) is 36.5 Å². The van der Waals surface area contributed by atoms with Gasteiger partial charge in [0.05, 0.1) is 0 Å². The highest BCUT2D eigenvalue weighted by molar-refractivity contribution is 5.92. The van der Waals surface area contributed by atoms with Gasteiger partial charge < -0.3 is 10.6 Å². The van der Waals surface area contributed by atoms with Crippen LogP contribution in [-0.4, -0.2) is 21.9 Å². The Balaban J connectivity index is 1.98. The summed E-state index contributed by atoms with van der Waals surface area (Å²) < 4.78 is 12.8. The fourth-order valence-corrected chi connectivity index (χ4v) is 1.69. The Bertz CT molecular complexity index is 613. The molecule has 1 amide bonds. The molecular weight excluding hydrogens is 271 g/mol. The van der Waals surface area contributed by atoms with Crippen LogP contribution in [0, 0.1) is 5.82 Å². The fourth-order valence-electron chi connectivity index (χ4n) is 1.69. The van der Waals surface area contributed by atoms with E-state index >= 15 is 0 Å². The second kappa shape index (κ2) is 6.78. The Morgan fingerprint density at radius 3 is 2.62 bits per heavy atom. The van der Waals surface area contributed by atoms with Crippen LogP contribution < -0.4 is 10.6 Å². The first-order valence-corrected chi connectivity index (χ1v) is 6.67. The zero-order valence-corrected chi connectivity index (χ0v) is 11.9. The number of rotatable bonds is 5. The number of halogens is 1. The van der Waals surface area contributed by atoms with Crippen molar-refractivity contribution in [2.75, 3.05) is 5.32 Å². The fraction of sp³-hybridized carbons (Fsp3) is 0.267. The highest BCUT2D eigenvalue weighted by Crippen LogP contribution is 2.05. The molecule has 1 aromatic carbocycles. The Morgan fingerprint density at radius 1 is 1.24 bits per heavy atom. The van der Waals surface area contributed by atoms with Gasteiger partial charge in [-0.1, -0.05) is 12.1 Å². The smallest absolute Gasteiger partial charge is 0.270 e. The number of nitrogens with one attached hydrogen (secondary N) is 2. The van der Waals surface area contributed by atoms with Crippen LogP contribution in [0.3, 0.4) is 0 Å². The van der Waals surface area contributed by atoms with Crippen LogP contribution >= 0.6 is 0 Å². The lowest BCUT2D eigenvalue weighted by molar-refractivity contribution is 0.0946. The lowest BCUT2D eigenvalue weighted by atomic mass is 10.2. The standard InChI is InChI=1S/C15H17FN4O/c1-10(2)19-15-17-8-7-13(20-15)14(21)18-9-11-3-5-12(16)6-4-11/h3-8,10H,9H2,1-2H3,(H,18,21)(H,17,19,20). The molecule has 6 heteroatoms. The Labute approximate surface area is 122 Å². The molecule has 0 unspecified atom stereocenters. The minimum atomic E-state index is -0.301. The minimum absolute atomic E-state index is 0.183. The van der Waals surface area contributed by atoms with Crippen LogP contribution in [0.1, 0.15) is 29.9 Å². The predicted octanol–water partition coefficient (Wildman–Crippen LogP) is 2.37. The van der Waals surface area contributed by atoms with E-state index in [1.54, 1.807) is 18.2 Å². The second-order valence-corrected chi connectivity index (χ2v) is 4.87. The van der Waals surface area contributed by atoms with Gasteiger partial charge in [0, 0.05) is 18.8 Å². The molecule has 0 bridgehead atoms. The van der Waals surface area contributed by atoms with Crippen LogP contribution in [-0.2, 0) is 6.54 Å². The normalized spacial score (nSPS) is 10.5. The zero-order valence-electron chi connectivity index (χ0n) is 11.9. The van der Waals surface area contributed by atoms with E-state index in [-0.39, 0.29) is 23.5 Å². The van der Waals surface area contributed by atoms with Gasteiger partial charge in [-0.05, 0) is 37.6 Å². The first kappa shape index (κ1) is 14.9. The van der Waals surface area contributed by atoms with E-state index in [4.69, 9.17) is 0 Å². The van der Waals surface area contributed by atoms with E-state index in [2.05, 4.69) is 20.6 Å². The molecule has 1 heterocycles. The summed E-state index contributed by atoms with van der Waals surface area (Å²) in [5.74, 6) is -0.182. The topological polar surface area (TPSA) is 66.9 Å². The molecule has 2 rings (SSSR count). The van der Waals surface area contributed by atoms with Crippen molar-refractivity contribution in [1.29, 1.82) is 0 Å². The minimum Gasteiger partial charge on any atom is -0.352 e. The molecule has 5 nitrogen and oxygen atoms in total. The van der Waals surface area contributed by atoms with Crippen molar-refractivity contribution >= 4 is 11.9 Å². The van der Waals surface area contributed by atoms with E-state index < -0.39 is 0 Å². The Kier molecular flexibility index (Phi) is 4.81. The highest BCUT2D eigenvalue weighted by Gasteiger charge is 2.09. The summed E-state index contributed by atoms with van der Waals surface area (Å²) in [6, 6.07) is 7.70. The quantitative estimate of drug-likeness (QED) is 0.886. The molecule has 2 N–H and O–H groups in total. The lowest BCUT2D eigenvalue weighted by Gasteiger charge is -2.09. The molecule has 0 radical (unpaired) electrons. The maximum Gasteiger partial charge on any atom is 0.270 e. The Hall–Kier alpha value is -2.50. The molecule has 0 aliphatic heterocycles. The van der Waals surface area contributed by atoms with Gasteiger partial charge in [-0.2, -0.15) is 0 Å². The molecule has 0 aliphatic carbocycles. The van der Waals surface area contributed by atoms with Crippen molar-refractivity contribution in [3.63, 3.8) is 0 Å². The number of carbonyl (C=O) groups excluding carboxylic acids is 1. The van der Waals surface area contributed by atoms with Crippen LogP contribution in [0.2, 0.25) is 0 Å². The van der Waals surface area contributed by atoms with Crippen LogP contribution in [0.5, 0.6) is 0 Å². The van der Waals surface area contributed by atoms with Crippen molar-refractivity contribution < 1.29 is 9.18 Å². The lowest BCUT2D eigenvalue weighted by Crippen LogP contribution is -2.24. The maximum absolute atomic E-state index is 12.8. The largest absolute Gasteiger partial charge is 0.352 e. The number of benzene rings is 1. The van der Waals surface area contributed by atoms with Gasteiger partial charge >= 0.3 is 0 Å². The highest BCUT2D eigenvalue weighted by atomic mass is 19.1. The molecule has 110 valence electrons. The molecule has 21 heavy (non-hydrogen) atoms. The number of amides is 1. The molecule has 0 aliphatic rings. The summed E-state index contributed by atoms with van der Waals surface area (Å²) in [6.45, 7) is 4.24. The van der Waals surface area contributed by atoms with Gasteiger partial charge in [0.1, 0.15) is 11.5 Å². The third kappa shape index (κ3) is 4.52. The monoisotopic (exact) mass is 288 g/mol.